The largest absolute Gasteiger partial charge is 0.347 e. The Labute approximate surface area is 197 Å². The Morgan fingerprint density at radius 2 is 1.74 bits per heavy atom. The van der Waals surface area contributed by atoms with Gasteiger partial charge in [-0.2, -0.15) is 4.98 Å². The van der Waals surface area contributed by atoms with Gasteiger partial charge in [0.15, 0.2) is 0 Å². The van der Waals surface area contributed by atoms with Gasteiger partial charge in [-0.25, -0.2) is 0 Å². The second-order valence-electron chi connectivity index (χ2n) is 8.31. The molecule has 176 valence electrons. The maximum absolute atomic E-state index is 12.5. The summed E-state index contributed by atoms with van der Waals surface area (Å²) in [6, 6.07) is 16.7. The van der Waals surface area contributed by atoms with Gasteiger partial charge in [0.05, 0.1) is 13.0 Å². The molecular weight excluding hydrogens is 434 g/mol. The molecule has 0 unspecified atom stereocenters. The summed E-state index contributed by atoms with van der Waals surface area (Å²) in [4.78, 5) is 42.1. The van der Waals surface area contributed by atoms with Crippen LogP contribution in [0.3, 0.4) is 0 Å². The number of nitrogens with one attached hydrogen (secondary N) is 2. The number of rotatable bonds is 7. The van der Waals surface area contributed by atoms with Crippen molar-refractivity contribution in [1.82, 2.24) is 20.4 Å². The molecule has 1 aliphatic rings. The highest BCUT2D eigenvalue weighted by atomic mass is 16.5. The highest BCUT2D eigenvalue weighted by Gasteiger charge is 2.27. The van der Waals surface area contributed by atoms with Crippen LogP contribution >= 0.6 is 0 Å². The fraction of sp³-hybridized carbons (Fsp3) is 0.320. The number of amides is 3. The lowest BCUT2D eigenvalue weighted by Gasteiger charge is -2.30. The van der Waals surface area contributed by atoms with Gasteiger partial charge in [0.2, 0.25) is 29.4 Å². The van der Waals surface area contributed by atoms with Gasteiger partial charge in [-0.3, -0.25) is 14.4 Å². The molecular formula is C25H27N5O4. The predicted octanol–water partition coefficient (Wildman–Crippen LogP) is 2.76. The Bertz CT molecular complexity index is 1140. The van der Waals surface area contributed by atoms with E-state index in [4.69, 9.17) is 4.52 Å². The number of hydrogen-bond acceptors (Lipinski definition) is 6. The number of piperidine rings is 1. The Kier molecular flexibility index (Phi) is 7.31. The van der Waals surface area contributed by atoms with Crippen LogP contribution in [-0.4, -0.2) is 52.4 Å². The third-order valence-electron chi connectivity index (χ3n) is 5.75. The predicted molar refractivity (Wildman–Crippen MR) is 126 cm³/mol. The van der Waals surface area contributed by atoms with Crippen molar-refractivity contribution in [2.75, 3.05) is 25.0 Å². The number of anilines is 1. The van der Waals surface area contributed by atoms with Gasteiger partial charge in [-0.05, 0) is 42.7 Å². The highest BCUT2D eigenvalue weighted by Crippen LogP contribution is 2.28. The summed E-state index contributed by atoms with van der Waals surface area (Å²) in [7, 11) is 0. The smallest absolute Gasteiger partial charge is 0.241 e. The number of aromatic nitrogens is 2. The average molecular weight is 462 g/mol. The summed E-state index contributed by atoms with van der Waals surface area (Å²) < 4.78 is 5.49. The molecule has 3 amide bonds. The van der Waals surface area contributed by atoms with E-state index in [1.807, 2.05) is 42.5 Å². The van der Waals surface area contributed by atoms with Crippen LogP contribution in [0.2, 0.25) is 0 Å². The van der Waals surface area contributed by atoms with Crippen molar-refractivity contribution in [2.45, 2.75) is 32.1 Å². The van der Waals surface area contributed by atoms with Crippen molar-refractivity contribution in [3.8, 4) is 11.4 Å². The molecule has 0 bridgehead atoms. The molecule has 9 nitrogen and oxygen atoms in total. The molecule has 0 saturated carbocycles. The lowest BCUT2D eigenvalue weighted by atomic mass is 9.96. The van der Waals surface area contributed by atoms with Crippen LogP contribution in [0, 0.1) is 0 Å². The molecule has 2 aromatic carbocycles. The Hall–Kier alpha value is -4.01. The van der Waals surface area contributed by atoms with Crippen molar-refractivity contribution < 1.29 is 18.9 Å². The number of carbonyl (C=O) groups is 3. The molecule has 2 heterocycles. The van der Waals surface area contributed by atoms with Crippen LogP contribution in [0.25, 0.3) is 11.4 Å². The van der Waals surface area contributed by atoms with E-state index in [0.717, 1.165) is 11.1 Å². The number of nitrogens with zero attached hydrogens (tertiary/aromatic N) is 3. The molecule has 0 aliphatic carbocycles. The number of likely N-dealkylation sites (tertiary alicyclic amines) is 1. The molecule has 0 radical (unpaired) electrons. The first-order valence-electron chi connectivity index (χ1n) is 11.3. The summed E-state index contributed by atoms with van der Waals surface area (Å²) in [5, 5.41) is 9.52. The molecule has 3 aromatic rings. The molecule has 1 aliphatic heterocycles. The Morgan fingerprint density at radius 3 is 2.41 bits per heavy atom. The van der Waals surface area contributed by atoms with Crippen LogP contribution in [-0.2, 0) is 20.8 Å². The van der Waals surface area contributed by atoms with Crippen LogP contribution in [0.4, 0.5) is 5.69 Å². The molecule has 1 saturated heterocycles. The van der Waals surface area contributed by atoms with Crippen molar-refractivity contribution in [2.24, 2.45) is 0 Å². The lowest BCUT2D eigenvalue weighted by molar-refractivity contribution is -0.133. The van der Waals surface area contributed by atoms with Crippen LogP contribution in [0.1, 0.15) is 37.1 Å². The van der Waals surface area contributed by atoms with Gasteiger partial charge in [0, 0.05) is 37.2 Å². The SMILES string of the molecule is CC(=O)Nc1ccc(-c2noc(C3CCN(C(=O)CNC(=O)Cc4ccccc4)CC3)n2)cc1. The first-order valence-corrected chi connectivity index (χ1v) is 11.3. The molecule has 2 N–H and O–H groups in total. The summed E-state index contributed by atoms with van der Waals surface area (Å²) in [5.74, 6) is 0.738. The average Bonchev–Trinajstić information content (AvgIpc) is 3.34. The van der Waals surface area contributed by atoms with Gasteiger partial charge in [-0.15, -0.1) is 0 Å². The maximum Gasteiger partial charge on any atom is 0.241 e. The molecule has 34 heavy (non-hydrogen) atoms. The molecule has 9 heteroatoms. The Morgan fingerprint density at radius 1 is 1.03 bits per heavy atom. The molecule has 1 fully saturated rings. The second-order valence-corrected chi connectivity index (χ2v) is 8.31. The van der Waals surface area contributed by atoms with E-state index in [0.29, 0.717) is 43.3 Å². The fourth-order valence-corrected chi connectivity index (χ4v) is 3.93. The van der Waals surface area contributed by atoms with Crippen molar-refractivity contribution in [1.29, 1.82) is 0 Å². The van der Waals surface area contributed by atoms with Gasteiger partial charge in [0.25, 0.3) is 0 Å². The third kappa shape index (κ3) is 6.06. The maximum atomic E-state index is 12.5. The minimum Gasteiger partial charge on any atom is -0.347 e. The van der Waals surface area contributed by atoms with Crippen molar-refractivity contribution in [3.63, 3.8) is 0 Å². The number of hydrogen-bond donors (Lipinski definition) is 2. The first-order chi connectivity index (χ1) is 16.5. The van der Waals surface area contributed by atoms with Gasteiger partial charge >= 0.3 is 0 Å². The summed E-state index contributed by atoms with van der Waals surface area (Å²) in [6.45, 7) is 2.60. The quantitative estimate of drug-likeness (QED) is 0.559. The van der Waals surface area contributed by atoms with E-state index in [2.05, 4.69) is 20.8 Å². The second kappa shape index (κ2) is 10.7. The minimum atomic E-state index is -0.169. The Balaban J connectivity index is 1.24. The van der Waals surface area contributed by atoms with E-state index in [1.54, 1.807) is 17.0 Å². The van der Waals surface area contributed by atoms with E-state index in [-0.39, 0.29) is 36.6 Å². The summed E-state index contributed by atoms with van der Waals surface area (Å²) in [5.41, 5.74) is 2.41. The van der Waals surface area contributed by atoms with E-state index >= 15 is 0 Å². The summed E-state index contributed by atoms with van der Waals surface area (Å²) in [6.07, 6.45) is 1.69. The van der Waals surface area contributed by atoms with Crippen molar-refractivity contribution in [3.05, 3.63) is 66.1 Å². The fourth-order valence-electron chi connectivity index (χ4n) is 3.93. The summed E-state index contributed by atoms with van der Waals surface area (Å²) >= 11 is 0. The third-order valence-corrected chi connectivity index (χ3v) is 5.75. The zero-order valence-electron chi connectivity index (χ0n) is 19.0. The molecule has 0 atom stereocenters. The standard InChI is InChI=1S/C25H27N5O4/c1-17(31)27-21-9-7-19(8-10-21)24-28-25(34-29-24)20-11-13-30(14-12-20)23(33)16-26-22(32)15-18-5-3-2-4-6-18/h2-10,20H,11-16H2,1H3,(H,26,32)(H,27,31). The lowest BCUT2D eigenvalue weighted by Crippen LogP contribution is -2.44. The topological polar surface area (TPSA) is 117 Å². The zero-order chi connectivity index (χ0) is 23.9. The highest BCUT2D eigenvalue weighted by molar-refractivity contribution is 5.89. The van der Waals surface area contributed by atoms with Crippen LogP contribution in [0.15, 0.2) is 59.1 Å². The van der Waals surface area contributed by atoms with E-state index in [1.165, 1.54) is 6.92 Å². The molecule has 4 rings (SSSR count). The first kappa shape index (κ1) is 23.2. The zero-order valence-corrected chi connectivity index (χ0v) is 19.0. The molecule has 1 aromatic heterocycles. The number of benzene rings is 2. The van der Waals surface area contributed by atoms with E-state index in [9.17, 15) is 14.4 Å². The van der Waals surface area contributed by atoms with Gasteiger partial charge in [-0.1, -0.05) is 35.5 Å². The monoisotopic (exact) mass is 461 g/mol. The molecule has 0 spiro atoms. The van der Waals surface area contributed by atoms with E-state index < -0.39 is 0 Å². The van der Waals surface area contributed by atoms with Gasteiger partial charge in [0.1, 0.15) is 0 Å². The normalized spacial score (nSPS) is 14.0. The van der Waals surface area contributed by atoms with Crippen molar-refractivity contribution >= 4 is 23.4 Å². The van der Waals surface area contributed by atoms with Gasteiger partial charge < -0.3 is 20.1 Å². The minimum absolute atomic E-state index is 0.00444. The number of carbonyl (C=O) groups excluding carboxylic acids is 3. The van der Waals surface area contributed by atoms with Crippen LogP contribution in [0.5, 0.6) is 0 Å². The van der Waals surface area contributed by atoms with Crippen LogP contribution < -0.4 is 10.6 Å².